The number of benzene rings is 1. The number of aromatic carboxylic acids is 1. The third kappa shape index (κ3) is 3.75. The molecule has 4 heteroatoms. The molecule has 18 heavy (non-hydrogen) atoms. The molecule has 0 aliphatic heterocycles. The molecule has 1 rings (SSSR count). The fourth-order valence-electron chi connectivity index (χ4n) is 1.21. The number of carbonyl (C=O) groups is 2. The first-order chi connectivity index (χ1) is 8.54. The summed E-state index contributed by atoms with van der Waals surface area (Å²) in [4.78, 5) is 22.4. The monoisotopic (exact) mass is 243 g/mol. The Hall–Kier alpha value is -2.62. The van der Waals surface area contributed by atoms with Gasteiger partial charge in [0.05, 0.1) is 5.56 Å². The zero-order chi connectivity index (χ0) is 13.5. The molecule has 0 aliphatic carbocycles. The van der Waals surface area contributed by atoms with E-state index in [1.807, 2.05) is 0 Å². The molecule has 0 aliphatic rings. The Balaban J connectivity index is 2.73. The average molecular weight is 243 g/mol. The first kappa shape index (κ1) is 13.4. The van der Waals surface area contributed by atoms with Crippen LogP contribution < -0.4 is 5.32 Å². The Bertz CT molecular complexity index is 512. The number of carboxylic acids is 1. The highest BCUT2D eigenvalue weighted by molar-refractivity contribution is 5.96. The van der Waals surface area contributed by atoms with E-state index in [9.17, 15) is 9.59 Å². The van der Waals surface area contributed by atoms with Crippen molar-refractivity contribution in [2.75, 3.05) is 0 Å². The van der Waals surface area contributed by atoms with Crippen LogP contribution in [0.5, 0.6) is 0 Å². The van der Waals surface area contributed by atoms with E-state index < -0.39 is 5.97 Å². The summed E-state index contributed by atoms with van der Waals surface area (Å²) in [5.74, 6) is -1.37. The van der Waals surface area contributed by atoms with Crippen molar-refractivity contribution in [3.63, 3.8) is 0 Å². The molecule has 0 unspecified atom stereocenters. The van der Waals surface area contributed by atoms with Crippen molar-refractivity contribution in [1.29, 1.82) is 0 Å². The van der Waals surface area contributed by atoms with Gasteiger partial charge in [0, 0.05) is 11.3 Å². The molecule has 0 spiro atoms. The lowest BCUT2D eigenvalue weighted by Crippen LogP contribution is -2.21. The number of allylic oxidation sites excluding steroid dienone is 3. The van der Waals surface area contributed by atoms with Gasteiger partial charge >= 0.3 is 5.97 Å². The molecule has 0 saturated carbocycles. The van der Waals surface area contributed by atoms with Crippen LogP contribution in [0.2, 0.25) is 0 Å². The quantitative estimate of drug-likeness (QED) is 0.780. The maximum atomic E-state index is 11.7. The Kier molecular flexibility index (Phi) is 4.63. The topological polar surface area (TPSA) is 66.4 Å². The second-order valence-electron chi connectivity index (χ2n) is 3.46. The van der Waals surface area contributed by atoms with Gasteiger partial charge in [-0.3, -0.25) is 4.79 Å². The highest BCUT2D eigenvalue weighted by Gasteiger charge is 2.07. The molecular formula is C14H13NO3. The molecule has 0 radical (unpaired) electrons. The third-order valence-electron chi connectivity index (χ3n) is 2.10. The standard InChI is InChI=1S/C14H13NO3/c1-3-4-5-10(2)15-13(16)11-6-8-12(9-7-11)14(17)18/h3-9H,1-2H2,(H,15,16)(H,17,18)/b5-4-. The number of carboxylic acid groups (broad SMARTS) is 1. The average Bonchev–Trinajstić information content (AvgIpc) is 2.36. The lowest BCUT2D eigenvalue weighted by atomic mass is 10.1. The summed E-state index contributed by atoms with van der Waals surface area (Å²) in [5, 5.41) is 11.3. The summed E-state index contributed by atoms with van der Waals surface area (Å²) in [6.45, 7) is 7.14. The Morgan fingerprint density at radius 3 is 2.22 bits per heavy atom. The number of amides is 1. The molecule has 1 aromatic carbocycles. The van der Waals surface area contributed by atoms with Crippen molar-refractivity contribution in [1.82, 2.24) is 5.32 Å². The highest BCUT2D eigenvalue weighted by atomic mass is 16.4. The minimum atomic E-state index is -1.03. The zero-order valence-electron chi connectivity index (χ0n) is 9.72. The van der Waals surface area contributed by atoms with Crippen LogP contribution in [0.15, 0.2) is 61.3 Å². The summed E-state index contributed by atoms with van der Waals surface area (Å²) >= 11 is 0. The van der Waals surface area contributed by atoms with E-state index in [1.54, 1.807) is 18.2 Å². The van der Waals surface area contributed by atoms with Crippen LogP contribution >= 0.6 is 0 Å². The lowest BCUT2D eigenvalue weighted by molar-refractivity contribution is 0.0696. The number of rotatable bonds is 5. The van der Waals surface area contributed by atoms with Gasteiger partial charge in [0.2, 0.25) is 0 Å². The van der Waals surface area contributed by atoms with Gasteiger partial charge in [-0.05, 0) is 30.3 Å². The minimum absolute atomic E-state index is 0.136. The van der Waals surface area contributed by atoms with Crippen LogP contribution in [-0.4, -0.2) is 17.0 Å². The SMILES string of the molecule is C=C/C=C\C(=C)NC(=O)c1ccc(C(=O)O)cc1. The van der Waals surface area contributed by atoms with Crippen LogP contribution in [0.25, 0.3) is 0 Å². The van der Waals surface area contributed by atoms with Crippen LogP contribution in [0, 0.1) is 0 Å². The van der Waals surface area contributed by atoms with Gasteiger partial charge in [0.1, 0.15) is 0 Å². The fraction of sp³-hybridized carbons (Fsp3) is 0. The van der Waals surface area contributed by atoms with E-state index in [0.29, 0.717) is 11.3 Å². The maximum absolute atomic E-state index is 11.7. The molecule has 1 aromatic rings. The molecule has 0 atom stereocenters. The normalized spacial score (nSPS) is 10.0. The van der Waals surface area contributed by atoms with E-state index >= 15 is 0 Å². The van der Waals surface area contributed by atoms with E-state index in [0.717, 1.165) is 0 Å². The van der Waals surface area contributed by atoms with Crippen molar-refractivity contribution < 1.29 is 14.7 Å². The molecule has 2 N–H and O–H groups in total. The van der Waals surface area contributed by atoms with Gasteiger partial charge in [0.15, 0.2) is 0 Å². The molecular weight excluding hydrogens is 230 g/mol. The largest absolute Gasteiger partial charge is 0.478 e. The van der Waals surface area contributed by atoms with Gasteiger partial charge in [-0.15, -0.1) is 0 Å². The van der Waals surface area contributed by atoms with Gasteiger partial charge < -0.3 is 10.4 Å². The maximum Gasteiger partial charge on any atom is 0.335 e. The molecule has 0 aromatic heterocycles. The molecule has 0 bridgehead atoms. The van der Waals surface area contributed by atoms with E-state index in [4.69, 9.17) is 5.11 Å². The smallest absolute Gasteiger partial charge is 0.335 e. The molecule has 1 amide bonds. The van der Waals surface area contributed by atoms with Crippen molar-refractivity contribution in [3.8, 4) is 0 Å². The predicted octanol–water partition coefficient (Wildman–Crippen LogP) is 2.37. The number of carbonyl (C=O) groups excluding carboxylic acids is 1. The summed E-state index contributed by atoms with van der Waals surface area (Å²) < 4.78 is 0. The lowest BCUT2D eigenvalue weighted by Gasteiger charge is -2.04. The predicted molar refractivity (Wildman–Crippen MR) is 69.3 cm³/mol. The highest BCUT2D eigenvalue weighted by Crippen LogP contribution is 2.05. The first-order valence-electron chi connectivity index (χ1n) is 5.17. The first-order valence-corrected chi connectivity index (χ1v) is 5.17. The fourth-order valence-corrected chi connectivity index (χ4v) is 1.21. The minimum Gasteiger partial charge on any atom is -0.478 e. The van der Waals surface area contributed by atoms with Crippen LogP contribution in [0.1, 0.15) is 20.7 Å². The molecule has 4 nitrogen and oxygen atoms in total. The number of hydrogen-bond donors (Lipinski definition) is 2. The summed E-state index contributed by atoms with van der Waals surface area (Å²) in [7, 11) is 0. The molecule has 0 heterocycles. The summed E-state index contributed by atoms with van der Waals surface area (Å²) in [6.07, 6.45) is 4.83. The third-order valence-corrected chi connectivity index (χ3v) is 2.10. The van der Waals surface area contributed by atoms with Crippen LogP contribution in [-0.2, 0) is 0 Å². The van der Waals surface area contributed by atoms with Crippen molar-refractivity contribution in [2.45, 2.75) is 0 Å². The van der Waals surface area contributed by atoms with Crippen LogP contribution in [0.4, 0.5) is 0 Å². The zero-order valence-corrected chi connectivity index (χ0v) is 9.72. The van der Waals surface area contributed by atoms with E-state index in [-0.39, 0.29) is 11.5 Å². The van der Waals surface area contributed by atoms with Gasteiger partial charge in [0.25, 0.3) is 5.91 Å². The molecule has 92 valence electrons. The molecule has 0 fully saturated rings. The van der Waals surface area contributed by atoms with Gasteiger partial charge in [-0.2, -0.15) is 0 Å². The summed E-state index contributed by atoms with van der Waals surface area (Å²) in [5.41, 5.74) is 0.937. The number of nitrogens with one attached hydrogen (secondary N) is 1. The second kappa shape index (κ2) is 6.20. The van der Waals surface area contributed by atoms with Crippen molar-refractivity contribution in [2.24, 2.45) is 0 Å². The van der Waals surface area contributed by atoms with E-state index in [2.05, 4.69) is 18.5 Å². The second-order valence-corrected chi connectivity index (χ2v) is 3.46. The van der Waals surface area contributed by atoms with Crippen LogP contribution in [0.3, 0.4) is 0 Å². The Morgan fingerprint density at radius 2 is 1.72 bits per heavy atom. The Labute approximate surface area is 105 Å². The van der Waals surface area contributed by atoms with Gasteiger partial charge in [-0.1, -0.05) is 25.3 Å². The van der Waals surface area contributed by atoms with Crippen molar-refractivity contribution >= 4 is 11.9 Å². The summed E-state index contributed by atoms with van der Waals surface area (Å²) in [6, 6.07) is 5.64. The molecule has 0 saturated heterocycles. The number of hydrogen-bond acceptors (Lipinski definition) is 2. The van der Waals surface area contributed by atoms with E-state index in [1.165, 1.54) is 24.3 Å². The van der Waals surface area contributed by atoms with Gasteiger partial charge in [-0.25, -0.2) is 4.79 Å². The van der Waals surface area contributed by atoms with Crippen molar-refractivity contribution in [3.05, 3.63) is 72.5 Å². The Morgan fingerprint density at radius 1 is 1.17 bits per heavy atom.